The predicted octanol–water partition coefficient (Wildman–Crippen LogP) is 2.20. The van der Waals surface area contributed by atoms with Gasteiger partial charge in [-0.2, -0.15) is 0 Å². The average Bonchev–Trinajstić information content (AvgIpc) is 2.30. The topological polar surface area (TPSA) is 39.7 Å². The molecule has 0 aliphatic rings. The molecule has 0 saturated carbocycles. The van der Waals surface area contributed by atoms with E-state index < -0.39 is 8.80 Å². The average molecular weight is 261 g/mol. The fraction of sp³-hybridized carbons (Fsp3) is 0.833. The molecule has 1 N–H and O–H groups in total. The molecule has 0 aromatic rings. The molecule has 0 amide bonds. The standard InChI is InChI=1S/C12H27NO3Si/c1-5-10-13-11-9-12-17(14-6-2,15-7-3)16-8-4/h5,13H,1,6-12H2,2-4H3. The van der Waals surface area contributed by atoms with E-state index in [0.717, 1.165) is 25.6 Å². The van der Waals surface area contributed by atoms with Gasteiger partial charge < -0.3 is 18.6 Å². The lowest BCUT2D eigenvalue weighted by atomic mass is 10.4. The maximum Gasteiger partial charge on any atom is 0.500 e. The van der Waals surface area contributed by atoms with Crippen molar-refractivity contribution in [2.24, 2.45) is 0 Å². The lowest BCUT2D eigenvalue weighted by Gasteiger charge is -2.28. The number of hydrogen-bond acceptors (Lipinski definition) is 4. The Labute approximate surface area is 107 Å². The van der Waals surface area contributed by atoms with Crippen molar-refractivity contribution in [1.29, 1.82) is 0 Å². The summed E-state index contributed by atoms with van der Waals surface area (Å²) in [6, 6.07) is 0.868. The zero-order valence-electron chi connectivity index (χ0n) is 11.5. The van der Waals surface area contributed by atoms with Crippen LogP contribution in [0.2, 0.25) is 6.04 Å². The summed E-state index contributed by atoms with van der Waals surface area (Å²) in [5.74, 6) is 0. The van der Waals surface area contributed by atoms with Crippen LogP contribution in [0.4, 0.5) is 0 Å². The zero-order valence-corrected chi connectivity index (χ0v) is 12.5. The van der Waals surface area contributed by atoms with Crippen molar-refractivity contribution in [1.82, 2.24) is 5.32 Å². The maximum absolute atomic E-state index is 5.76. The summed E-state index contributed by atoms with van der Waals surface area (Å²) in [6.45, 7) is 13.3. The van der Waals surface area contributed by atoms with E-state index in [0.29, 0.717) is 19.8 Å². The molecule has 0 rings (SSSR count). The van der Waals surface area contributed by atoms with Crippen LogP contribution in [0.1, 0.15) is 27.2 Å². The lowest BCUT2D eigenvalue weighted by molar-refractivity contribution is 0.0708. The minimum atomic E-state index is -2.42. The molecule has 0 aromatic carbocycles. The van der Waals surface area contributed by atoms with E-state index in [2.05, 4.69) is 11.9 Å². The Bertz CT molecular complexity index is 174. The van der Waals surface area contributed by atoms with Crippen LogP contribution in [0.15, 0.2) is 12.7 Å². The van der Waals surface area contributed by atoms with Gasteiger partial charge in [-0.15, -0.1) is 6.58 Å². The van der Waals surface area contributed by atoms with Gasteiger partial charge in [0.05, 0.1) is 0 Å². The van der Waals surface area contributed by atoms with Crippen molar-refractivity contribution in [3.05, 3.63) is 12.7 Å². The molecule has 17 heavy (non-hydrogen) atoms. The molecule has 0 aliphatic carbocycles. The second-order valence-electron chi connectivity index (χ2n) is 3.58. The third-order valence-electron chi connectivity index (χ3n) is 2.22. The van der Waals surface area contributed by atoms with Crippen LogP contribution in [0.25, 0.3) is 0 Å². The van der Waals surface area contributed by atoms with E-state index in [1.807, 2.05) is 26.8 Å². The van der Waals surface area contributed by atoms with Crippen LogP contribution < -0.4 is 5.32 Å². The quantitative estimate of drug-likeness (QED) is 0.332. The van der Waals surface area contributed by atoms with Crippen LogP contribution in [0.3, 0.4) is 0 Å². The van der Waals surface area contributed by atoms with Gasteiger partial charge in [-0.05, 0) is 33.7 Å². The van der Waals surface area contributed by atoms with E-state index >= 15 is 0 Å². The first-order valence-corrected chi connectivity index (χ1v) is 8.41. The summed E-state index contributed by atoms with van der Waals surface area (Å²) < 4.78 is 17.3. The predicted molar refractivity (Wildman–Crippen MR) is 73.1 cm³/mol. The highest BCUT2D eigenvalue weighted by atomic mass is 28.4. The third-order valence-corrected chi connectivity index (χ3v) is 5.37. The summed E-state index contributed by atoms with van der Waals surface area (Å²) >= 11 is 0. The van der Waals surface area contributed by atoms with Crippen LogP contribution in [0, 0.1) is 0 Å². The Morgan fingerprint density at radius 3 is 2.00 bits per heavy atom. The fourth-order valence-electron chi connectivity index (χ4n) is 1.64. The molecule has 0 heterocycles. The second-order valence-corrected chi connectivity index (χ2v) is 6.31. The molecule has 0 fully saturated rings. The molecule has 0 aromatic heterocycles. The Balaban J connectivity index is 4.08. The minimum Gasteiger partial charge on any atom is -0.374 e. The Kier molecular flexibility index (Phi) is 10.8. The van der Waals surface area contributed by atoms with Crippen LogP contribution in [0.5, 0.6) is 0 Å². The number of nitrogens with one attached hydrogen (secondary N) is 1. The first-order valence-electron chi connectivity index (χ1n) is 6.48. The molecule has 102 valence electrons. The lowest BCUT2D eigenvalue weighted by Crippen LogP contribution is -2.46. The van der Waals surface area contributed by atoms with E-state index in [1.165, 1.54) is 0 Å². The minimum absolute atomic E-state index is 0.645. The molecule has 4 nitrogen and oxygen atoms in total. The van der Waals surface area contributed by atoms with Gasteiger partial charge in [-0.3, -0.25) is 0 Å². The first-order chi connectivity index (χ1) is 8.24. The molecule has 0 spiro atoms. The molecule has 0 aliphatic heterocycles. The molecule has 0 saturated heterocycles. The van der Waals surface area contributed by atoms with Crippen LogP contribution in [-0.2, 0) is 13.3 Å². The van der Waals surface area contributed by atoms with Crippen molar-refractivity contribution in [3.63, 3.8) is 0 Å². The Hall–Kier alpha value is -0.203. The van der Waals surface area contributed by atoms with Gasteiger partial charge in [-0.25, -0.2) is 0 Å². The van der Waals surface area contributed by atoms with E-state index in [1.54, 1.807) is 0 Å². The molecule has 0 atom stereocenters. The molecule has 0 unspecified atom stereocenters. The van der Waals surface area contributed by atoms with Gasteiger partial charge >= 0.3 is 8.80 Å². The zero-order chi connectivity index (χ0) is 13.0. The van der Waals surface area contributed by atoms with Crippen LogP contribution in [-0.4, -0.2) is 41.7 Å². The largest absolute Gasteiger partial charge is 0.500 e. The van der Waals surface area contributed by atoms with Crippen molar-refractivity contribution in [2.45, 2.75) is 33.2 Å². The number of rotatable bonds is 12. The van der Waals surface area contributed by atoms with Gasteiger partial charge in [0.15, 0.2) is 0 Å². The van der Waals surface area contributed by atoms with Gasteiger partial charge in [0.2, 0.25) is 0 Å². The maximum atomic E-state index is 5.76. The first kappa shape index (κ1) is 16.8. The Morgan fingerprint density at radius 2 is 1.59 bits per heavy atom. The van der Waals surface area contributed by atoms with Gasteiger partial charge in [0.1, 0.15) is 0 Å². The SMILES string of the molecule is C=CCNCCC[Si](OCC)(OCC)OCC. The summed E-state index contributed by atoms with van der Waals surface area (Å²) in [7, 11) is -2.42. The van der Waals surface area contributed by atoms with Crippen molar-refractivity contribution >= 4 is 8.80 Å². The highest BCUT2D eigenvalue weighted by molar-refractivity contribution is 6.60. The molecular weight excluding hydrogens is 234 g/mol. The van der Waals surface area contributed by atoms with Crippen LogP contribution >= 0.6 is 0 Å². The van der Waals surface area contributed by atoms with Crippen molar-refractivity contribution in [3.8, 4) is 0 Å². The molecule has 0 radical (unpaired) electrons. The summed E-state index contributed by atoms with van der Waals surface area (Å²) in [6.07, 6.45) is 2.86. The Morgan fingerprint density at radius 1 is 1.06 bits per heavy atom. The van der Waals surface area contributed by atoms with E-state index in [9.17, 15) is 0 Å². The van der Waals surface area contributed by atoms with Gasteiger partial charge in [0, 0.05) is 32.4 Å². The van der Waals surface area contributed by atoms with E-state index in [4.69, 9.17) is 13.3 Å². The van der Waals surface area contributed by atoms with Crippen molar-refractivity contribution < 1.29 is 13.3 Å². The smallest absolute Gasteiger partial charge is 0.374 e. The van der Waals surface area contributed by atoms with Crippen molar-refractivity contribution in [2.75, 3.05) is 32.9 Å². The normalized spacial score (nSPS) is 11.7. The number of hydrogen-bond donors (Lipinski definition) is 1. The second kappa shape index (κ2) is 10.9. The molecule has 0 bridgehead atoms. The third kappa shape index (κ3) is 7.67. The van der Waals surface area contributed by atoms with E-state index in [-0.39, 0.29) is 0 Å². The molecular formula is C12H27NO3Si. The summed E-state index contributed by atoms with van der Waals surface area (Å²) in [4.78, 5) is 0. The highest BCUT2D eigenvalue weighted by Crippen LogP contribution is 2.17. The van der Waals surface area contributed by atoms with Gasteiger partial charge in [0.25, 0.3) is 0 Å². The van der Waals surface area contributed by atoms with Gasteiger partial charge in [-0.1, -0.05) is 6.08 Å². The fourth-order valence-corrected chi connectivity index (χ4v) is 4.25. The molecule has 5 heteroatoms. The summed E-state index contributed by atoms with van der Waals surface area (Å²) in [5.41, 5.74) is 0. The summed E-state index contributed by atoms with van der Waals surface area (Å²) in [5, 5.41) is 3.27. The highest BCUT2D eigenvalue weighted by Gasteiger charge is 2.39. The monoisotopic (exact) mass is 261 g/mol.